The molecule has 0 saturated carbocycles. The third kappa shape index (κ3) is 4.50. The van der Waals surface area contributed by atoms with Crippen LogP contribution in [0.4, 0.5) is 0 Å². The van der Waals surface area contributed by atoms with Crippen LogP contribution < -0.4 is 10.6 Å². The van der Waals surface area contributed by atoms with E-state index < -0.39 is 0 Å². The van der Waals surface area contributed by atoms with Gasteiger partial charge in [-0.15, -0.1) is 0 Å². The molecule has 0 radical (unpaired) electrons. The lowest BCUT2D eigenvalue weighted by Crippen LogP contribution is -2.35. The fourth-order valence-corrected chi connectivity index (χ4v) is 2.86. The SMILES string of the molecule is CCC(NC(=O)CC1CCCNC1)c1ccc(Cl)cc1. The zero-order valence-electron chi connectivity index (χ0n) is 12.0. The average Bonchev–Trinajstić information content (AvgIpc) is 2.47. The molecule has 1 aliphatic heterocycles. The number of piperidine rings is 1. The molecule has 1 aromatic rings. The van der Waals surface area contributed by atoms with E-state index in [1.807, 2.05) is 24.3 Å². The molecule has 1 heterocycles. The van der Waals surface area contributed by atoms with Crippen LogP contribution in [0.2, 0.25) is 5.02 Å². The molecule has 2 rings (SSSR count). The second kappa shape index (κ2) is 7.65. The molecule has 1 fully saturated rings. The first-order valence-corrected chi connectivity index (χ1v) is 7.82. The van der Waals surface area contributed by atoms with Crippen molar-refractivity contribution in [1.82, 2.24) is 10.6 Å². The van der Waals surface area contributed by atoms with Gasteiger partial charge in [-0.2, -0.15) is 0 Å². The molecule has 0 bridgehead atoms. The highest BCUT2D eigenvalue weighted by molar-refractivity contribution is 6.30. The van der Waals surface area contributed by atoms with Crippen LogP contribution in [0.5, 0.6) is 0 Å². The number of nitrogens with one attached hydrogen (secondary N) is 2. The van der Waals surface area contributed by atoms with Gasteiger partial charge in [0.1, 0.15) is 0 Å². The molecule has 2 atom stereocenters. The van der Waals surface area contributed by atoms with Crippen molar-refractivity contribution in [2.75, 3.05) is 13.1 Å². The minimum Gasteiger partial charge on any atom is -0.349 e. The quantitative estimate of drug-likeness (QED) is 0.875. The van der Waals surface area contributed by atoms with Crippen LogP contribution in [-0.2, 0) is 4.79 Å². The maximum absolute atomic E-state index is 12.2. The number of carbonyl (C=O) groups is 1. The summed E-state index contributed by atoms with van der Waals surface area (Å²) in [6, 6.07) is 7.79. The summed E-state index contributed by atoms with van der Waals surface area (Å²) in [5.74, 6) is 0.631. The van der Waals surface area contributed by atoms with Crippen LogP contribution >= 0.6 is 11.6 Å². The smallest absolute Gasteiger partial charge is 0.220 e. The molecular weight excluding hydrogens is 272 g/mol. The molecule has 1 amide bonds. The van der Waals surface area contributed by atoms with Gasteiger partial charge in [0.05, 0.1) is 6.04 Å². The largest absolute Gasteiger partial charge is 0.349 e. The Hall–Kier alpha value is -1.06. The Balaban J connectivity index is 1.88. The lowest BCUT2D eigenvalue weighted by molar-refractivity contribution is -0.122. The lowest BCUT2D eigenvalue weighted by atomic mass is 9.95. The molecule has 4 heteroatoms. The van der Waals surface area contributed by atoms with Crippen molar-refractivity contribution in [3.05, 3.63) is 34.9 Å². The van der Waals surface area contributed by atoms with Gasteiger partial charge in [0, 0.05) is 11.4 Å². The highest BCUT2D eigenvalue weighted by Crippen LogP contribution is 2.20. The Labute approximate surface area is 126 Å². The summed E-state index contributed by atoms with van der Waals surface area (Å²) >= 11 is 5.90. The summed E-state index contributed by atoms with van der Waals surface area (Å²) in [6.07, 6.45) is 3.83. The van der Waals surface area contributed by atoms with Crippen molar-refractivity contribution in [1.29, 1.82) is 0 Å². The molecule has 2 unspecified atom stereocenters. The molecule has 1 saturated heterocycles. The fourth-order valence-electron chi connectivity index (χ4n) is 2.73. The molecule has 110 valence electrons. The molecule has 1 aliphatic rings. The van der Waals surface area contributed by atoms with Crippen LogP contribution in [0.1, 0.15) is 44.2 Å². The number of carbonyl (C=O) groups excluding carboxylic acids is 1. The van der Waals surface area contributed by atoms with E-state index in [0.29, 0.717) is 12.3 Å². The Morgan fingerprint density at radius 2 is 2.20 bits per heavy atom. The summed E-state index contributed by atoms with van der Waals surface area (Å²) in [4.78, 5) is 12.2. The van der Waals surface area contributed by atoms with E-state index in [9.17, 15) is 4.79 Å². The van der Waals surface area contributed by atoms with Crippen molar-refractivity contribution in [3.63, 3.8) is 0 Å². The maximum Gasteiger partial charge on any atom is 0.220 e. The van der Waals surface area contributed by atoms with Crippen LogP contribution in [0, 0.1) is 5.92 Å². The summed E-state index contributed by atoms with van der Waals surface area (Å²) in [6.45, 7) is 4.13. The number of rotatable bonds is 5. The number of hydrogen-bond acceptors (Lipinski definition) is 2. The summed E-state index contributed by atoms with van der Waals surface area (Å²) in [7, 11) is 0. The fraction of sp³-hybridized carbons (Fsp3) is 0.562. The van der Waals surface area contributed by atoms with E-state index in [2.05, 4.69) is 17.6 Å². The van der Waals surface area contributed by atoms with Gasteiger partial charge in [-0.05, 0) is 56.0 Å². The standard InChI is InChI=1S/C16H23ClN2O/c1-2-15(13-5-7-14(17)8-6-13)19-16(20)10-12-4-3-9-18-11-12/h5-8,12,15,18H,2-4,9-11H2,1H3,(H,19,20). The molecule has 1 aromatic carbocycles. The number of halogens is 1. The monoisotopic (exact) mass is 294 g/mol. The van der Waals surface area contributed by atoms with Crippen molar-refractivity contribution in [2.24, 2.45) is 5.92 Å². The van der Waals surface area contributed by atoms with Crippen molar-refractivity contribution in [2.45, 2.75) is 38.6 Å². The van der Waals surface area contributed by atoms with E-state index in [1.54, 1.807) is 0 Å². The average molecular weight is 295 g/mol. The van der Waals surface area contributed by atoms with Crippen LogP contribution in [0.3, 0.4) is 0 Å². The van der Waals surface area contributed by atoms with E-state index in [4.69, 9.17) is 11.6 Å². The second-order valence-corrected chi connectivity index (χ2v) is 5.93. The Bertz CT molecular complexity index is 427. The Morgan fingerprint density at radius 3 is 2.80 bits per heavy atom. The normalized spacial score (nSPS) is 20.4. The first-order chi connectivity index (χ1) is 9.69. The van der Waals surface area contributed by atoms with Gasteiger partial charge < -0.3 is 10.6 Å². The first-order valence-electron chi connectivity index (χ1n) is 7.44. The van der Waals surface area contributed by atoms with Gasteiger partial charge in [-0.3, -0.25) is 4.79 Å². The molecule has 0 aromatic heterocycles. The van der Waals surface area contributed by atoms with E-state index in [1.165, 1.54) is 6.42 Å². The maximum atomic E-state index is 12.2. The zero-order valence-corrected chi connectivity index (χ0v) is 12.7. The minimum atomic E-state index is 0.0799. The summed E-state index contributed by atoms with van der Waals surface area (Å²) in [5, 5.41) is 7.22. The highest BCUT2D eigenvalue weighted by Gasteiger charge is 2.19. The molecule has 20 heavy (non-hydrogen) atoms. The molecule has 3 nitrogen and oxygen atoms in total. The highest BCUT2D eigenvalue weighted by atomic mass is 35.5. The van der Waals surface area contributed by atoms with E-state index >= 15 is 0 Å². The predicted octanol–water partition coefficient (Wildman–Crippen LogP) is 3.30. The third-order valence-corrected chi connectivity index (χ3v) is 4.14. The topological polar surface area (TPSA) is 41.1 Å². The van der Waals surface area contributed by atoms with Crippen LogP contribution in [-0.4, -0.2) is 19.0 Å². The third-order valence-electron chi connectivity index (χ3n) is 3.89. The number of hydrogen-bond donors (Lipinski definition) is 2. The summed E-state index contributed by atoms with van der Waals surface area (Å²) < 4.78 is 0. The van der Waals surface area contributed by atoms with E-state index in [-0.39, 0.29) is 11.9 Å². The van der Waals surface area contributed by atoms with Crippen LogP contribution in [0.15, 0.2) is 24.3 Å². The van der Waals surface area contributed by atoms with E-state index in [0.717, 1.165) is 36.5 Å². The van der Waals surface area contributed by atoms with Gasteiger partial charge in [0.2, 0.25) is 5.91 Å². The van der Waals surface area contributed by atoms with Crippen LogP contribution in [0.25, 0.3) is 0 Å². The molecule has 0 spiro atoms. The number of benzene rings is 1. The lowest BCUT2D eigenvalue weighted by Gasteiger charge is -2.24. The molecular formula is C16H23ClN2O. The Kier molecular flexibility index (Phi) is 5.86. The Morgan fingerprint density at radius 1 is 1.45 bits per heavy atom. The second-order valence-electron chi connectivity index (χ2n) is 5.50. The number of amides is 1. The van der Waals surface area contributed by atoms with Gasteiger partial charge in [-0.25, -0.2) is 0 Å². The molecule has 0 aliphatic carbocycles. The first kappa shape index (κ1) is 15.3. The van der Waals surface area contributed by atoms with Gasteiger partial charge in [0.15, 0.2) is 0 Å². The predicted molar refractivity (Wildman–Crippen MR) is 82.8 cm³/mol. The summed E-state index contributed by atoms with van der Waals surface area (Å²) in [5.41, 5.74) is 1.12. The van der Waals surface area contributed by atoms with Gasteiger partial charge >= 0.3 is 0 Å². The minimum absolute atomic E-state index is 0.0799. The van der Waals surface area contributed by atoms with Crippen molar-refractivity contribution < 1.29 is 4.79 Å². The van der Waals surface area contributed by atoms with Gasteiger partial charge in [0.25, 0.3) is 0 Å². The molecule has 2 N–H and O–H groups in total. The van der Waals surface area contributed by atoms with Crippen molar-refractivity contribution in [3.8, 4) is 0 Å². The van der Waals surface area contributed by atoms with Gasteiger partial charge in [-0.1, -0.05) is 30.7 Å². The van der Waals surface area contributed by atoms with Crippen molar-refractivity contribution >= 4 is 17.5 Å². The zero-order chi connectivity index (χ0) is 14.4.